The van der Waals surface area contributed by atoms with Crippen LogP contribution in [0, 0.1) is 10.1 Å². The quantitative estimate of drug-likeness (QED) is 0.547. The molecule has 0 N–H and O–H groups in total. The minimum atomic E-state index is -0.597. The summed E-state index contributed by atoms with van der Waals surface area (Å²) >= 11 is 17.9. The van der Waals surface area contributed by atoms with Crippen molar-refractivity contribution >= 4 is 40.5 Å². The molecule has 1 aromatic heterocycles. The summed E-state index contributed by atoms with van der Waals surface area (Å²) in [7, 11) is 0. The van der Waals surface area contributed by atoms with Crippen LogP contribution in [0.25, 0.3) is 0 Å². The van der Waals surface area contributed by atoms with Crippen LogP contribution in [0.4, 0.5) is 5.69 Å². The van der Waals surface area contributed by atoms with Gasteiger partial charge in [-0.1, -0.05) is 48.7 Å². The highest BCUT2D eigenvalue weighted by Gasteiger charge is 2.18. The molecule has 116 valence electrons. The van der Waals surface area contributed by atoms with E-state index in [2.05, 4.69) is 10.2 Å². The lowest BCUT2D eigenvalue weighted by molar-refractivity contribution is -0.384. The summed E-state index contributed by atoms with van der Waals surface area (Å²) in [6, 6.07) is 3.92. The Bertz CT molecular complexity index is 715. The van der Waals surface area contributed by atoms with Crippen molar-refractivity contribution in [3.8, 4) is 11.6 Å². The van der Waals surface area contributed by atoms with E-state index in [1.54, 1.807) is 6.07 Å². The monoisotopic (exact) mass is 361 g/mol. The van der Waals surface area contributed by atoms with Gasteiger partial charge in [-0.15, -0.1) is 10.2 Å². The molecule has 6 nitrogen and oxygen atoms in total. The molecular weight excluding hydrogens is 353 g/mol. The Hall–Kier alpha value is -1.63. The molecule has 1 aromatic carbocycles. The van der Waals surface area contributed by atoms with Gasteiger partial charge < -0.3 is 4.74 Å². The van der Waals surface area contributed by atoms with Crippen LogP contribution in [0.15, 0.2) is 18.2 Å². The first-order valence-corrected chi connectivity index (χ1v) is 7.27. The van der Waals surface area contributed by atoms with Gasteiger partial charge in [0.1, 0.15) is 0 Å². The fourth-order valence-corrected chi connectivity index (χ4v) is 2.54. The van der Waals surface area contributed by atoms with Crippen LogP contribution in [-0.4, -0.2) is 15.1 Å². The lowest BCUT2D eigenvalue weighted by Crippen LogP contribution is -1.98. The van der Waals surface area contributed by atoms with Gasteiger partial charge in [-0.2, -0.15) is 0 Å². The number of nitrogens with zero attached hydrogens (tertiary/aromatic N) is 3. The van der Waals surface area contributed by atoms with Gasteiger partial charge in [-0.25, -0.2) is 0 Å². The average Bonchev–Trinajstić information content (AvgIpc) is 2.43. The highest BCUT2D eigenvalue weighted by molar-refractivity contribution is 6.37. The van der Waals surface area contributed by atoms with Gasteiger partial charge in [0, 0.05) is 18.2 Å². The molecule has 9 heteroatoms. The number of rotatable bonds is 4. The minimum Gasteiger partial charge on any atom is -0.434 e. The molecule has 0 atom stereocenters. The second-order valence-corrected chi connectivity index (χ2v) is 5.85. The lowest BCUT2D eigenvalue weighted by Gasteiger charge is -2.11. The van der Waals surface area contributed by atoms with Gasteiger partial charge in [0.2, 0.25) is 5.88 Å². The first-order valence-electron chi connectivity index (χ1n) is 6.14. The molecule has 0 saturated carbocycles. The van der Waals surface area contributed by atoms with E-state index in [-0.39, 0.29) is 38.4 Å². The number of ether oxygens (including phenoxy) is 1. The zero-order chi connectivity index (χ0) is 16.4. The first kappa shape index (κ1) is 16.7. The van der Waals surface area contributed by atoms with Crippen LogP contribution >= 0.6 is 34.8 Å². The standard InChI is InChI=1S/C13H10Cl3N3O3/c1-6(2)8-5-11(17-18-13(8)16)22-12-9(14)3-7(19(20)21)4-10(12)15/h3-6H,1-2H3. The number of nitro groups is 1. The van der Waals surface area contributed by atoms with E-state index in [9.17, 15) is 10.1 Å². The van der Waals surface area contributed by atoms with Gasteiger partial charge >= 0.3 is 0 Å². The maximum absolute atomic E-state index is 10.7. The molecule has 2 rings (SSSR count). The molecule has 2 aromatic rings. The number of aromatic nitrogens is 2. The van der Waals surface area contributed by atoms with Crippen LogP contribution < -0.4 is 4.74 Å². The van der Waals surface area contributed by atoms with E-state index in [4.69, 9.17) is 39.5 Å². The zero-order valence-corrected chi connectivity index (χ0v) is 13.8. The maximum Gasteiger partial charge on any atom is 0.272 e. The molecule has 0 aliphatic rings. The fourth-order valence-electron chi connectivity index (χ4n) is 1.68. The molecule has 0 saturated heterocycles. The molecule has 0 aliphatic heterocycles. The van der Waals surface area contributed by atoms with E-state index in [0.29, 0.717) is 0 Å². The smallest absolute Gasteiger partial charge is 0.272 e. The van der Waals surface area contributed by atoms with Crippen molar-refractivity contribution in [1.29, 1.82) is 0 Å². The third-order valence-electron chi connectivity index (χ3n) is 2.78. The van der Waals surface area contributed by atoms with Crippen molar-refractivity contribution in [2.75, 3.05) is 0 Å². The van der Waals surface area contributed by atoms with E-state index in [1.165, 1.54) is 0 Å². The van der Waals surface area contributed by atoms with Crippen LogP contribution in [-0.2, 0) is 0 Å². The van der Waals surface area contributed by atoms with E-state index >= 15 is 0 Å². The van der Waals surface area contributed by atoms with E-state index < -0.39 is 4.92 Å². The Kier molecular flexibility index (Phi) is 5.05. The summed E-state index contributed by atoms with van der Waals surface area (Å²) in [6.07, 6.45) is 0. The highest BCUT2D eigenvalue weighted by Crippen LogP contribution is 2.39. The number of non-ortho nitro benzene ring substituents is 1. The molecule has 0 spiro atoms. The Morgan fingerprint density at radius 1 is 1.14 bits per heavy atom. The predicted molar refractivity (Wildman–Crippen MR) is 84.3 cm³/mol. The van der Waals surface area contributed by atoms with Gasteiger partial charge in [-0.3, -0.25) is 10.1 Å². The van der Waals surface area contributed by atoms with Gasteiger partial charge in [0.25, 0.3) is 5.69 Å². The summed E-state index contributed by atoms with van der Waals surface area (Å²) in [5.41, 5.74) is 0.522. The second-order valence-electron chi connectivity index (χ2n) is 4.68. The SMILES string of the molecule is CC(C)c1cc(Oc2c(Cl)cc([N+](=O)[O-])cc2Cl)nnc1Cl. The van der Waals surface area contributed by atoms with Crippen LogP contribution in [0.1, 0.15) is 25.3 Å². The zero-order valence-electron chi connectivity index (χ0n) is 11.5. The van der Waals surface area contributed by atoms with Crippen molar-refractivity contribution in [2.45, 2.75) is 19.8 Å². The number of benzene rings is 1. The van der Waals surface area contributed by atoms with E-state index in [1.807, 2.05) is 13.8 Å². The third-order valence-corrected chi connectivity index (χ3v) is 3.63. The van der Waals surface area contributed by atoms with Gasteiger partial charge in [-0.05, 0) is 11.5 Å². The number of nitro benzene ring substituents is 1. The Labute approximate surface area is 141 Å². The normalized spacial score (nSPS) is 10.8. The summed E-state index contributed by atoms with van der Waals surface area (Å²) < 4.78 is 5.50. The second kappa shape index (κ2) is 6.64. The molecule has 1 heterocycles. The number of hydrogen-bond donors (Lipinski definition) is 0. The highest BCUT2D eigenvalue weighted by atomic mass is 35.5. The molecule has 0 aliphatic carbocycles. The third kappa shape index (κ3) is 3.58. The van der Waals surface area contributed by atoms with Crippen LogP contribution in [0.2, 0.25) is 15.2 Å². The lowest BCUT2D eigenvalue weighted by atomic mass is 10.1. The van der Waals surface area contributed by atoms with E-state index in [0.717, 1.165) is 17.7 Å². The largest absolute Gasteiger partial charge is 0.434 e. The predicted octanol–water partition coefficient (Wildman–Crippen LogP) is 5.26. The molecule has 0 bridgehead atoms. The molecule has 0 amide bonds. The number of hydrogen-bond acceptors (Lipinski definition) is 5. The van der Waals surface area contributed by atoms with Crippen molar-refractivity contribution in [3.63, 3.8) is 0 Å². The topological polar surface area (TPSA) is 78.2 Å². The summed E-state index contributed by atoms with van der Waals surface area (Å²) in [5, 5.41) is 18.6. The van der Waals surface area contributed by atoms with Crippen molar-refractivity contribution in [2.24, 2.45) is 0 Å². The molecule has 22 heavy (non-hydrogen) atoms. The summed E-state index contributed by atoms with van der Waals surface area (Å²) in [4.78, 5) is 10.1. The van der Waals surface area contributed by atoms with Crippen molar-refractivity contribution < 1.29 is 9.66 Å². The Balaban J connectivity index is 2.39. The van der Waals surface area contributed by atoms with Crippen LogP contribution in [0.3, 0.4) is 0 Å². The number of halogens is 3. The Morgan fingerprint density at radius 3 is 2.23 bits per heavy atom. The molecule has 0 fully saturated rings. The van der Waals surface area contributed by atoms with Crippen molar-refractivity contribution in [1.82, 2.24) is 10.2 Å². The first-order chi connectivity index (χ1) is 10.3. The molecular formula is C13H10Cl3N3O3. The van der Waals surface area contributed by atoms with Gasteiger partial charge in [0.15, 0.2) is 10.9 Å². The van der Waals surface area contributed by atoms with Crippen LogP contribution in [0.5, 0.6) is 11.6 Å². The fraction of sp³-hybridized carbons (Fsp3) is 0.231. The van der Waals surface area contributed by atoms with Gasteiger partial charge in [0.05, 0.1) is 15.0 Å². The summed E-state index contributed by atoms with van der Waals surface area (Å²) in [5.74, 6) is 0.333. The van der Waals surface area contributed by atoms with Crippen molar-refractivity contribution in [3.05, 3.63) is 49.1 Å². The maximum atomic E-state index is 10.7. The summed E-state index contributed by atoms with van der Waals surface area (Å²) in [6.45, 7) is 3.89. The minimum absolute atomic E-state index is 0.00190. The average molecular weight is 363 g/mol. The molecule has 0 radical (unpaired) electrons. The molecule has 0 unspecified atom stereocenters. The Morgan fingerprint density at radius 2 is 1.73 bits per heavy atom.